The molecule has 0 saturated heterocycles. The predicted octanol–water partition coefficient (Wildman–Crippen LogP) is 1.89. The first-order valence-electron chi connectivity index (χ1n) is 11.7. The van der Waals surface area contributed by atoms with Crippen LogP contribution in [-0.4, -0.2) is 3.81 Å². The Morgan fingerprint density at radius 2 is 1.09 bits per heavy atom. The molecule has 0 unspecified atom stereocenters. The molecule has 0 atom stereocenters. The maximum atomic E-state index is 2.39. The number of fused-ring (bicyclic) bond motifs is 3. The SMILES string of the molecule is CC1=[C]([Ti+2](=[C](c2ccccc2)c2ccccc2)[CH]2c3ccccc3-c3ccccc32)CC=C1.[Cl-].[Cl-]. The smallest absolute Gasteiger partial charge is 1.00 e. The minimum atomic E-state index is -2.10. The molecule has 0 fully saturated rings. The quantitative estimate of drug-likeness (QED) is 0.355. The van der Waals surface area contributed by atoms with Gasteiger partial charge in [-0.2, -0.15) is 0 Å². The van der Waals surface area contributed by atoms with Crippen molar-refractivity contribution in [3.05, 3.63) is 153 Å². The zero-order chi connectivity index (χ0) is 22.2. The molecule has 0 nitrogen and oxygen atoms in total. The van der Waals surface area contributed by atoms with Gasteiger partial charge in [-0.15, -0.1) is 0 Å². The van der Waals surface area contributed by atoms with E-state index in [1.807, 2.05) is 0 Å². The molecule has 0 amide bonds. The molecule has 2 aliphatic rings. The molecule has 0 bridgehead atoms. The zero-order valence-corrected chi connectivity index (χ0v) is 22.7. The fraction of sp³-hybridized carbons (Fsp3) is 0.0938. The van der Waals surface area contributed by atoms with Crippen molar-refractivity contribution in [3.63, 3.8) is 0 Å². The second-order valence-corrected chi connectivity index (χ2v) is 12.8. The third-order valence-electron chi connectivity index (χ3n) is 7.01. The van der Waals surface area contributed by atoms with Crippen LogP contribution in [0.15, 0.2) is 131 Å². The van der Waals surface area contributed by atoms with Crippen molar-refractivity contribution >= 4 is 3.81 Å². The van der Waals surface area contributed by atoms with Crippen LogP contribution >= 0.6 is 0 Å². The van der Waals surface area contributed by atoms with Gasteiger partial charge in [0.25, 0.3) is 0 Å². The molecule has 0 aliphatic heterocycles. The number of hydrogen-bond donors (Lipinski definition) is 0. The van der Waals surface area contributed by atoms with Crippen molar-refractivity contribution in [2.75, 3.05) is 0 Å². The molecule has 0 spiro atoms. The summed E-state index contributed by atoms with van der Waals surface area (Å²) in [6.45, 7) is 2.33. The Labute approximate surface area is 226 Å². The molecule has 0 N–H and O–H groups in total. The van der Waals surface area contributed by atoms with Crippen LogP contribution in [0.2, 0.25) is 0 Å². The van der Waals surface area contributed by atoms with Gasteiger partial charge >= 0.3 is 203 Å². The van der Waals surface area contributed by atoms with Gasteiger partial charge in [0.15, 0.2) is 0 Å². The summed E-state index contributed by atoms with van der Waals surface area (Å²) in [6, 6.07) is 40.6. The van der Waals surface area contributed by atoms with E-state index < -0.39 is 17.4 Å². The second-order valence-electron chi connectivity index (χ2n) is 8.90. The summed E-state index contributed by atoms with van der Waals surface area (Å²) >= 11 is -2.10. The van der Waals surface area contributed by atoms with Gasteiger partial charge in [-0.3, -0.25) is 0 Å². The van der Waals surface area contributed by atoms with Gasteiger partial charge in [0.1, 0.15) is 0 Å². The van der Waals surface area contributed by atoms with E-state index >= 15 is 0 Å². The molecule has 35 heavy (non-hydrogen) atoms. The number of benzene rings is 4. The van der Waals surface area contributed by atoms with Gasteiger partial charge in [0.05, 0.1) is 0 Å². The first kappa shape index (κ1) is 25.6. The maximum absolute atomic E-state index is 2.39. The molecule has 0 aromatic heterocycles. The standard InChI is InChI=1S/C13H9.C13H10.C6H7.2ClH.Ti/c1-3-7-12-10(5-1)9-11-6-2-4-8-13(11)12;1-3-7-12(8-4-1)11-13-9-5-2-6-10-13;1-6-4-2-3-5-6;;;/h1-9H;1-10H;2,4H,3H2,1H3;2*1H;/q;;;;;+2/p-2. The minimum Gasteiger partial charge on any atom is -1.00 e. The van der Waals surface area contributed by atoms with E-state index in [9.17, 15) is 0 Å². The first-order chi connectivity index (χ1) is 16.3. The Balaban J connectivity index is 0.00000144. The van der Waals surface area contributed by atoms with Crippen molar-refractivity contribution < 1.29 is 42.2 Å². The summed E-state index contributed by atoms with van der Waals surface area (Å²) in [7, 11) is 0. The fourth-order valence-corrected chi connectivity index (χ4v) is 11.6. The van der Waals surface area contributed by atoms with Gasteiger partial charge in [-0.1, -0.05) is 0 Å². The van der Waals surface area contributed by atoms with E-state index in [-0.39, 0.29) is 24.8 Å². The first-order valence-corrected chi connectivity index (χ1v) is 14.2. The van der Waals surface area contributed by atoms with Gasteiger partial charge in [0.2, 0.25) is 0 Å². The van der Waals surface area contributed by atoms with Crippen LogP contribution in [0.3, 0.4) is 0 Å². The fourth-order valence-electron chi connectivity index (χ4n) is 5.56. The van der Waals surface area contributed by atoms with E-state index in [0.29, 0.717) is 4.22 Å². The van der Waals surface area contributed by atoms with Gasteiger partial charge < -0.3 is 24.8 Å². The van der Waals surface area contributed by atoms with Crippen LogP contribution in [-0.2, 0) is 17.4 Å². The number of rotatable bonds is 4. The summed E-state index contributed by atoms with van der Waals surface area (Å²) < 4.78 is 3.75. The predicted molar refractivity (Wildman–Crippen MR) is 136 cm³/mol. The minimum absolute atomic E-state index is 0. The summed E-state index contributed by atoms with van der Waals surface area (Å²) in [5.74, 6) is 0. The molecule has 0 heterocycles. The normalized spacial score (nSPS) is 13.3. The Bertz CT molecular complexity index is 1350. The van der Waals surface area contributed by atoms with Crippen LogP contribution < -0.4 is 24.8 Å². The Kier molecular flexibility index (Phi) is 8.10. The van der Waals surface area contributed by atoms with E-state index in [2.05, 4.69) is 128 Å². The van der Waals surface area contributed by atoms with Gasteiger partial charge in [-0.05, 0) is 0 Å². The maximum Gasteiger partial charge on any atom is -1.00 e. The molecule has 2 aliphatic carbocycles. The van der Waals surface area contributed by atoms with E-state index in [4.69, 9.17) is 0 Å². The molecule has 0 radical (unpaired) electrons. The molecule has 0 saturated carbocycles. The van der Waals surface area contributed by atoms with Crippen molar-refractivity contribution in [1.29, 1.82) is 0 Å². The van der Waals surface area contributed by atoms with Crippen molar-refractivity contribution in [3.8, 4) is 11.1 Å². The third kappa shape index (κ3) is 4.57. The van der Waals surface area contributed by atoms with Gasteiger partial charge in [0, 0.05) is 0 Å². The Hall–Kier alpha value is -2.48. The van der Waals surface area contributed by atoms with Crippen LogP contribution in [0.1, 0.15) is 39.8 Å². The van der Waals surface area contributed by atoms with Crippen LogP contribution in [0, 0.1) is 0 Å². The van der Waals surface area contributed by atoms with Crippen LogP contribution in [0.25, 0.3) is 11.1 Å². The molecule has 172 valence electrons. The van der Waals surface area contributed by atoms with Crippen molar-refractivity contribution in [2.24, 2.45) is 0 Å². The average molecular weight is 529 g/mol. The topological polar surface area (TPSA) is 0 Å². The van der Waals surface area contributed by atoms with E-state index in [1.165, 1.54) is 39.0 Å². The second kappa shape index (κ2) is 11.1. The van der Waals surface area contributed by atoms with Crippen LogP contribution in [0.5, 0.6) is 0 Å². The summed E-state index contributed by atoms with van der Waals surface area (Å²) in [5.41, 5.74) is 10.1. The summed E-state index contributed by atoms with van der Waals surface area (Å²) in [4.78, 5) is 0. The largest absolute Gasteiger partial charge is 1.00 e. The Morgan fingerprint density at radius 1 is 0.629 bits per heavy atom. The molecule has 6 rings (SSSR count). The van der Waals surface area contributed by atoms with E-state index in [0.717, 1.165) is 6.42 Å². The van der Waals surface area contributed by atoms with Crippen LogP contribution in [0.4, 0.5) is 0 Å². The number of halogens is 2. The van der Waals surface area contributed by atoms with Crippen molar-refractivity contribution in [1.82, 2.24) is 0 Å². The molecule has 4 aromatic carbocycles. The number of hydrogen-bond acceptors (Lipinski definition) is 0. The van der Waals surface area contributed by atoms with Gasteiger partial charge in [-0.25, -0.2) is 0 Å². The Morgan fingerprint density at radius 3 is 1.54 bits per heavy atom. The molecule has 4 aromatic rings. The summed E-state index contributed by atoms with van der Waals surface area (Å²) in [6.07, 6.45) is 5.81. The zero-order valence-electron chi connectivity index (χ0n) is 19.6. The van der Waals surface area contributed by atoms with E-state index in [1.54, 1.807) is 7.69 Å². The average Bonchev–Trinajstić information content (AvgIpc) is 3.45. The third-order valence-corrected chi connectivity index (χ3v) is 12.6. The number of allylic oxidation sites excluding steroid dienone is 4. The monoisotopic (exact) mass is 528 g/mol. The van der Waals surface area contributed by atoms with Crippen molar-refractivity contribution in [2.45, 2.75) is 17.6 Å². The molecule has 3 heteroatoms. The molecular formula is C32H26Cl2Ti. The molecular weight excluding hydrogens is 503 g/mol. The summed E-state index contributed by atoms with van der Waals surface area (Å²) in [5, 5.41) is 0.